The van der Waals surface area contributed by atoms with Crippen molar-refractivity contribution in [2.24, 2.45) is 0 Å². The van der Waals surface area contributed by atoms with Crippen molar-refractivity contribution >= 4 is 57.1 Å². The van der Waals surface area contributed by atoms with E-state index in [1.54, 1.807) is 50.2 Å². The molecule has 1 N–H and O–H groups in total. The lowest BCUT2D eigenvalue weighted by Gasteiger charge is -2.17. The summed E-state index contributed by atoms with van der Waals surface area (Å²) in [5.41, 5.74) is 3.32. The lowest BCUT2D eigenvalue weighted by molar-refractivity contribution is -0.150. The molecule has 30 heavy (non-hydrogen) atoms. The number of halogens is 2. The van der Waals surface area contributed by atoms with Gasteiger partial charge in [0, 0.05) is 10.6 Å². The third-order valence-corrected chi connectivity index (χ3v) is 4.96. The Labute approximate surface area is 186 Å². The van der Waals surface area contributed by atoms with Gasteiger partial charge in [-0.05, 0) is 60.1 Å². The van der Waals surface area contributed by atoms with Crippen LogP contribution in [-0.4, -0.2) is 30.5 Å². The second-order valence-corrected chi connectivity index (χ2v) is 7.58. The summed E-state index contributed by atoms with van der Waals surface area (Å²) in [6, 6.07) is 11.8. The molecule has 2 aromatic carbocycles. The number of rotatable bonds is 6. The number of nitrogens with one attached hydrogen (secondary N) is 1. The summed E-state index contributed by atoms with van der Waals surface area (Å²) in [6.45, 7) is 3.46. The summed E-state index contributed by atoms with van der Waals surface area (Å²) >= 11 is 9.51. The van der Waals surface area contributed by atoms with Crippen LogP contribution in [0.3, 0.4) is 0 Å². The molecule has 0 radical (unpaired) electrons. The molecule has 0 aliphatic carbocycles. The Balaban J connectivity index is 1.97. The number of ether oxygens (including phenoxy) is 2. The van der Waals surface area contributed by atoms with Crippen molar-refractivity contribution < 1.29 is 23.9 Å². The first kappa shape index (κ1) is 21.9. The lowest BCUT2D eigenvalue weighted by atomic mass is 10.1. The van der Waals surface area contributed by atoms with E-state index in [9.17, 15) is 14.4 Å². The molecule has 156 valence electrons. The number of amides is 2. The van der Waals surface area contributed by atoms with E-state index in [4.69, 9.17) is 21.1 Å². The minimum Gasteiger partial charge on any atom is -0.477 e. The zero-order valence-corrected chi connectivity index (χ0v) is 18.5. The smallest absolute Gasteiger partial charge is 0.347 e. The number of carbonyl (C=O) groups is 3. The second kappa shape index (κ2) is 9.32. The van der Waals surface area contributed by atoms with Gasteiger partial charge in [0.1, 0.15) is 11.3 Å². The Kier molecular flexibility index (Phi) is 6.79. The quantitative estimate of drug-likeness (QED) is 0.375. The van der Waals surface area contributed by atoms with Crippen LogP contribution in [0.4, 0.5) is 5.69 Å². The van der Waals surface area contributed by atoms with Crippen LogP contribution in [0.5, 0.6) is 5.75 Å². The highest BCUT2D eigenvalue weighted by Gasteiger charge is 2.35. The molecule has 1 aliphatic heterocycles. The SMILES string of the molecule is CCOC(=O)[C@H](C)Oc1c(Br)cc(Cl)cc1/C=C1/C(=O)NN(c2ccccc2)C1=O. The van der Waals surface area contributed by atoms with Crippen LogP contribution in [0.15, 0.2) is 52.5 Å². The van der Waals surface area contributed by atoms with Crippen LogP contribution < -0.4 is 15.2 Å². The number of hydrazine groups is 1. The van der Waals surface area contributed by atoms with Gasteiger partial charge in [0.05, 0.1) is 16.8 Å². The number of nitrogens with zero attached hydrogens (tertiary/aromatic N) is 1. The standard InChI is InChI=1S/C21H18BrClN2O5/c1-3-29-21(28)12(2)30-18-13(9-14(23)11-17(18)22)10-16-19(26)24-25(20(16)27)15-7-5-4-6-8-15/h4-12H,3H2,1-2H3,(H,24,26)/b16-10-/t12-/m0/s1. The average molecular weight is 494 g/mol. The minimum absolute atomic E-state index is 0.0957. The fourth-order valence-corrected chi connectivity index (χ4v) is 3.70. The van der Waals surface area contributed by atoms with E-state index >= 15 is 0 Å². The van der Waals surface area contributed by atoms with Crippen molar-refractivity contribution in [1.82, 2.24) is 5.43 Å². The lowest BCUT2D eigenvalue weighted by Crippen LogP contribution is -2.35. The van der Waals surface area contributed by atoms with Crippen LogP contribution >= 0.6 is 27.5 Å². The summed E-state index contributed by atoms with van der Waals surface area (Å²) in [7, 11) is 0. The van der Waals surface area contributed by atoms with E-state index in [1.807, 2.05) is 0 Å². The zero-order chi connectivity index (χ0) is 21.8. The molecule has 0 bridgehead atoms. The Morgan fingerprint density at radius 2 is 1.97 bits per heavy atom. The molecule has 0 spiro atoms. The highest BCUT2D eigenvalue weighted by Crippen LogP contribution is 2.35. The molecule has 9 heteroatoms. The Hall–Kier alpha value is -2.84. The van der Waals surface area contributed by atoms with Gasteiger partial charge in [-0.1, -0.05) is 29.8 Å². The molecule has 7 nitrogen and oxygen atoms in total. The monoisotopic (exact) mass is 492 g/mol. The van der Waals surface area contributed by atoms with Gasteiger partial charge in [0.2, 0.25) is 0 Å². The van der Waals surface area contributed by atoms with Gasteiger partial charge < -0.3 is 9.47 Å². The van der Waals surface area contributed by atoms with Gasteiger partial charge in [0.15, 0.2) is 6.10 Å². The van der Waals surface area contributed by atoms with E-state index in [2.05, 4.69) is 21.4 Å². The number of para-hydroxylation sites is 1. The molecule has 1 heterocycles. The van der Waals surface area contributed by atoms with Crippen molar-refractivity contribution in [2.45, 2.75) is 20.0 Å². The number of carbonyl (C=O) groups excluding carboxylic acids is 3. The van der Waals surface area contributed by atoms with Crippen LogP contribution in [0.1, 0.15) is 19.4 Å². The maximum absolute atomic E-state index is 12.8. The maximum Gasteiger partial charge on any atom is 0.347 e. The second-order valence-electron chi connectivity index (χ2n) is 6.29. The van der Waals surface area contributed by atoms with Crippen molar-refractivity contribution in [3.05, 3.63) is 63.1 Å². The van der Waals surface area contributed by atoms with Crippen molar-refractivity contribution in [1.29, 1.82) is 0 Å². The van der Waals surface area contributed by atoms with Gasteiger partial charge in [0.25, 0.3) is 11.8 Å². The van der Waals surface area contributed by atoms with Gasteiger partial charge in [-0.3, -0.25) is 15.0 Å². The minimum atomic E-state index is -0.909. The first-order chi connectivity index (χ1) is 14.3. The topological polar surface area (TPSA) is 84.9 Å². The Morgan fingerprint density at radius 3 is 2.63 bits per heavy atom. The summed E-state index contributed by atoms with van der Waals surface area (Å²) in [4.78, 5) is 37.3. The van der Waals surface area contributed by atoms with Crippen molar-refractivity contribution in [3.63, 3.8) is 0 Å². The predicted molar refractivity (Wildman–Crippen MR) is 116 cm³/mol. The normalized spacial score (nSPS) is 15.9. The molecule has 0 aromatic heterocycles. The molecule has 0 saturated carbocycles. The highest BCUT2D eigenvalue weighted by molar-refractivity contribution is 9.10. The number of esters is 1. The van der Waals surface area contributed by atoms with E-state index in [1.165, 1.54) is 12.1 Å². The molecule has 1 fully saturated rings. The Morgan fingerprint density at radius 1 is 1.27 bits per heavy atom. The van der Waals surface area contributed by atoms with Gasteiger partial charge >= 0.3 is 5.97 Å². The molecule has 2 amide bonds. The third-order valence-electron chi connectivity index (χ3n) is 4.16. The summed E-state index contributed by atoms with van der Waals surface area (Å²) in [5.74, 6) is -1.37. The van der Waals surface area contributed by atoms with E-state index in [0.29, 0.717) is 20.7 Å². The molecular formula is C21H18BrClN2O5. The fraction of sp³-hybridized carbons (Fsp3) is 0.190. The molecule has 1 aliphatic rings. The fourth-order valence-electron chi connectivity index (χ4n) is 2.77. The highest BCUT2D eigenvalue weighted by atomic mass is 79.9. The van der Waals surface area contributed by atoms with Crippen LogP contribution in [0, 0.1) is 0 Å². The van der Waals surface area contributed by atoms with Crippen LogP contribution in [0.2, 0.25) is 5.02 Å². The maximum atomic E-state index is 12.8. The summed E-state index contributed by atoms with van der Waals surface area (Å²) in [6.07, 6.45) is 0.471. The van der Waals surface area contributed by atoms with Gasteiger partial charge in [-0.2, -0.15) is 0 Å². The summed E-state index contributed by atoms with van der Waals surface area (Å²) in [5, 5.41) is 1.52. The third kappa shape index (κ3) is 4.66. The number of anilines is 1. The molecular weight excluding hydrogens is 476 g/mol. The molecule has 2 aromatic rings. The largest absolute Gasteiger partial charge is 0.477 e. The van der Waals surface area contributed by atoms with E-state index in [0.717, 1.165) is 5.01 Å². The number of hydrogen-bond donors (Lipinski definition) is 1. The van der Waals surface area contributed by atoms with E-state index < -0.39 is 23.9 Å². The molecule has 1 saturated heterocycles. The zero-order valence-electron chi connectivity index (χ0n) is 16.1. The van der Waals surface area contributed by atoms with E-state index in [-0.39, 0.29) is 17.9 Å². The molecule has 3 rings (SSSR count). The first-order valence-corrected chi connectivity index (χ1v) is 10.2. The first-order valence-electron chi connectivity index (χ1n) is 9.06. The number of hydrogen-bond acceptors (Lipinski definition) is 5. The summed E-state index contributed by atoms with van der Waals surface area (Å²) < 4.78 is 11.2. The van der Waals surface area contributed by atoms with Crippen molar-refractivity contribution in [2.75, 3.05) is 11.6 Å². The predicted octanol–water partition coefficient (Wildman–Crippen LogP) is 3.89. The molecule has 1 atom stereocenters. The Bertz CT molecular complexity index is 1030. The van der Waals surface area contributed by atoms with Crippen molar-refractivity contribution in [3.8, 4) is 5.75 Å². The van der Waals surface area contributed by atoms with Gasteiger partial charge in [-0.25, -0.2) is 9.80 Å². The molecule has 0 unspecified atom stereocenters. The van der Waals surface area contributed by atoms with Gasteiger partial charge in [-0.15, -0.1) is 0 Å². The number of benzene rings is 2. The van der Waals surface area contributed by atoms with Crippen LogP contribution in [-0.2, 0) is 19.1 Å². The van der Waals surface area contributed by atoms with Crippen LogP contribution in [0.25, 0.3) is 6.08 Å². The average Bonchev–Trinajstić information content (AvgIpc) is 2.99.